The number of piperidine rings is 1. The fourth-order valence-electron chi connectivity index (χ4n) is 2.18. The maximum absolute atomic E-state index is 13.6. The van der Waals surface area contributed by atoms with E-state index in [2.05, 4.69) is 5.32 Å². The third kappa shape index (κ3) is 2.75. The minimum absolute atomic E-state index is 0.179. The van der Waals surface area contributed by atoms with Crippen LogP contribution in [0.3, 0.4) is 0 Å². The van der Waals surface area contributed by atoms with Crippen molar-refractivity contribution in [2.45, 2.75) is 19.3 Å². The lowest BCUT2D eigenvalue weighted by molar-refractivity contribution is 0.360. The molecule has 1 aliphatic rings. The van der Waals surface area contributed by atoms with Gasteiger partial charge in [-0.1, -0.05) is 11.6 Å². The van der Waals surface area contributed by atoms with E-state index in [9.17, 15) is 13.2 Å². The zero-order valence-electron chi connectivity index (χ0n) is 9.20. The van der Waals surface area contributed by atoms with Gasteiger partial charge in [-0.15, -0.1) is 0 Å². The van der Waals surface area contributed by atoms with Gasteiger partial charge in [0.2, 0.25) is 0 Å². The van der Waals surface area contributed by atoms with Crippen LogP contribution >= 0.6 is 11.6 Å². The lowest BCUT2D eigenvalue weighted by atomic mass is 9.90. The highest BCUT2D eigenvalue weighted by Gasteiger charge is 2.22. The summed E-state index contributed by atoms with van der Waals surface area (Å²) in [6.45, 7) is 1.66. The number of halogens is 4. The van der Waals surface area contributed by atoms with Crippen molar-refractivity contribution in [2.24, 2.45) is 5.92 Å². The van der Waals surface area contributed by atoms with Crippen LogP contribution in [0.5, 0.6) is 0 Å². The van der Waals surface area contributed by atoms with E-state index in [1.807, 2.05) is 0 Å². The predicted molar refractivity (Wildman–Crippen MR) is 60.6 cm³/mol. The van der Waals surface area contributed by atoms with Gasteiger partial charge < -0.3 is 5.32 Å². The molecule has 1 N–H and O–H groups in total. The molecule has 94 valence electrons. The molecule has 1 nitrogen and oxygen atoms in total. The van der Waals surface area contributed by atoms with Crippen LogP contribution in [0.1, 0.15) is 18.4 Å². The molecule has 1 aliphatic heterocycles. The Balaban J connectivity index is 2.24. The quantitative estimate of drug-likeness (QED) is 0.808. The smallest absolute Gasteiger partial charge is 0.165 e. The summed E-state index contributed by atoms with van der Waals surface area (Å²) in [5, 5.41) is 2.81. The van der Waals surface area contributed by atoms with E-state index < -0.39 is 17.5 Å². The molecule has 0 radical (unpaired) electrons. The summed E-state index contributed by atoms with van der Waals surface area (Å²) < 4.78 is 40.3. The molecule has 0 atom stereocenters. The molecule has 0 unspecified atom stereocenters. The van der Waals surface area contributed by atoms with Crippen molar-refractivity contribution in [1.82, 2.24) is 5.32 Å². The molecule has 0 spiro atoms. The first-order valence-electron chi connectivity index (χ1n) is 5.62. The molecule has 1 aromatic carbocycles. The summed E-state index contributed by atoms with van der Waals surface area (Å²) in [6, 6.07) is 0.679. The number of hydrogen-bond donors (Lipinski definition) is 1. The molecule has 0 amide bonds. The lowest BCUT2D eigenvalue weighted by Gasteiger charge is -2.23. The van der Waals surface area contributed by atoms with E-state index in [1.54, 1.807) is 0 Å². The van der Waals surface area contributed by atoms with E-state index >= 15 is 0 Å². The summed E-state index contributed by atoms with van der Waals surface area (Å²) in [4.78, 5) is 0. The monoisotopic (exact) mass is 263 g/mol. The minimum Gasteiger partial charge on any atom is -0.317 e. The van der Waals surface area contributed by atoms with Gasteiger partial charge in [-0.05, 0) is 44.3 Å². The summed E-state index contributed by atoms with van der Waals surface area (Å²) in [5.74, 6) is -2.84. The highest BCUT2D eigenvalue weighted by molar-refractivity contribution is 6.30. The lowest BCUT2D eigenvalue weighted by Crippen LogP contribution is -2.29. The van der Waals surface area contributed by atoms with E-state index in [1.165, 1.54) is 0 Å². The van der Waals surface area contributed by atoms with Crippen LogP contribution in [0.15, 0.2) is 6.07 Å². The van der Waals surface area contributed by atoms with Crippen molar-refractivity contribution in [3.8, 4) is 0 Å². The molecular weight excluding hydrogens is 251 g/mol. The van der Waals surface area contributed by atoms with Crippen molar-refractivity contribution < 1.29 is 13.2 Å². The van der Waals surface area contributed by atoms with Crippen LogP contribution in [0.2, 0.25) is 5.02 Å². The van der Waals surface area contributed by atoms with Crippen LogP contribution < -0.4 is 5.32 Å². The second-order valence-electron chi connectivity index (χ2n) is 4.34. The first kappa shape index (κ1) is 12.7. The molecule has 1 fully saturated rings. The Morgan fingerprint density at radius 3 is 2.47 bits per heavy atom. The van der Waals surface area contributed by atoms with E-state index in [0.717, 1.165) is 25.9 Å². The van der Waals surface area contributed by atoms with Gasteiger partial charge in [-0.3, -0.25) is 0 Å². The van der Waals surface area contributed by atoms with Gasteiger partial charge in [0, 0.05) is 5.56 Å². The van der Waals surface area contributed by atoms with Crippen LogP contribution in [0.4, 0.5) is 13.2 Å². The SMILES string of the molecule is Fc1cc(Cl)c(F)c(CC2CCNCC2)c1F. The first-order valence-corrected chi connectivity index (χ1v) is 6.00. The molecule has 0 bridgehead atoms. The molecule has 5 heteroatoms. The molecular formula is C12H13ClF3N. The highest BCUT2D eigenvalue weighted by atomic mass is 35.5. The van der Waals surface area contributed by atoms with Gasteiger partial charge in [0.05, 0.1) is 5.02 Å². The number of hydrogen-bond acceptors (Lipinski definition) is 1. The second-order valence-corrected chi connectivity index (χ2v) is 4.75. The fourth-order valence-corrected chi connectivity index (χ4v) is 2.39. The standard InChI is InChI=1S/C12H13ClF3N/c13-9-6-10(14)12(16)8(11(9)15)5-7-1-3-17-4-2-7/h6-7,17H,1-5H2. The molecule has 17 heavy (non-hydrogen) atoms. The summed E-state index contributed by atoms with van der Waals surface area (Å²) in [5.41, 5.74) is -0.220. The predicted octanol–water partition coefficient (Wildman–Crippen LogP) is 3.30. The summed E-state index contributed by atoms with van der Waals surface area (Å²) in [7, 11) is 0. The normalized spacial score (nSPS) is 17.4. The average molecular weight is 264 g/mol. The minimum atomic E-state index is -1.11. The second kappa shape index (κ2) is 5.27. The summed E-state index contributed by atoms with van der Waals surface area (Å²) >= 11 is 5.51. The molecule has 2 rings (SSSR count). The summed E-state index contributed by atoms with van der Waals surface area (Å²) in [6.07, 6.45) is 1.89. The Morgan fingerprint density at radius 2 is 1.82 bits per heavy atom. The number of nitrogens with one attached hydrogen (secondary N) is 1. The molecule has 0 aromatic heterocycles. The fraction of sp³-hybridized carbons (Fsp3) is 0.500. The Kier molecular flexibility index (Phi) is 3.94. The number of benzene rings is 1. The largest absolute Gasteiger partial charge is 0.317 e. The number of rotatable bonds is 2. The molecule has 1 saturated heterocycles. The van der Waals surface area contributed by atoms with E-state index in [4.69, 9.17) is 11.6 Å². The third-order valence-corrected chi connectivity index (χ3v) is 3.43. The topological polar surface area (TPSA) is 12.0 Å². The van der Waals surface area contributed by atoms with Crippen molar-refractivity contribution in [1.29, 1.82) is 0 Å². The van der Waals surface area contributed by atoms with Gasteiger partial charge in [0.1, 0.15) is 5.82 Å². The Bertz CT molecular complexity index is 390. The molecule has 0 saturated carbocycles. The van der Waals surface area contributed by atoms with Crippen LogP contribution in [0.25, 0.3) is 0 Å². The van der Waals surface area contributed by atoms with Crippen LogP contribution in [-0.4, -0.2) is 13.1 Å². The molecule has 1 aromatic rings. The molecule has 1 heterocycles. The van der Waals surface area contributed by atoms with Crippen LogP contribution in [-0.2, 0) is 6.42 Å². The maximum atomic E-state index is 13.6. The highest BCUT2D eigenvalue weighted by Crippen LogP contribution is 2.28. The first-order chi connectivity index (χ1) is 8.09. The van der Waals surface area contributed by atoms with Gasteiger partial charge >= 0.3 is 0 Å². The van der Waals surface area contributed by atoms with Gasteiger partial charge in [0.15, 0.2) is 11.6 Å². The average Bonchev–Trinajstić information content (AvgIpc) is 2.33. The Hall–Kier alpha value is -0.740. The zero-order chi connectivity index (χ0) is 12.4. The third-order valence-electron chi connectivity index (χ3n) is 3.15. The van der Waals surface area contributed by atoms with Gasteiger partial charge in [-0.2, -0.15) is 0 Å². The zero-order valence-corrected chi connectivity index (χ0v) is 9.96. The molecule has 0 aliphatic carbocycles. The van der Waals surface area contributed by atoms with Crippen molar-refractivity contribution >= 4 is 11.6 Å². The van der Waals surface area contributed by atoms with Crippen molar-refractivity contribution in [3.63, 3.8) is 0 Å². The van der Waals surface area contributed by atoms with E-state index in [-0.39, 0.29) is 22.9 Å². The van der Waals surface area contributed by atoms with Crippen molar-refractivity contribution in [2.75, 3.05) is 13.1 Å². The van der Waals surface area contributed by atoms with Crippen LogP contribution in [0, 0.1) is 23.4 Å². The Labute approximate surface area is 103 Å². The van der Waals surface area contributed by atoms with E-state index in [0.29, 0.717) is 6.07 Å². The Morgan fingerprint density at radius 1 is 1.18 bits per heavy atom. The van der Waals surface area contributed by atoms with Gasteiger partial charge in [-0.25, -0.2) is 13.2 Å². The maximum Gasteiger partial charge on any atom is 0.165 e. The van der Waals surface area contributed by atoms with Gasteiger partial charge in [0.25, 0.3) is 0 Å². The van der Waals surface area contributed by atoms with Crippen molar-refractivity contribution in [3.05, 3.63) is 34.1 Å².